The third kappa shape index (κ3) is 7.95. The van der Waals surface area contributed by atoms with E-state index in [1.807, 2.05) is 12.1 Å². The molecule has 0 bridgehead atoms. The van der Waals surface area contributed by atoms with Crippen molar-refractivity contribution in [3.8, 4) is 5.75 Å². The third-order valence-corrected chi connectivity index (χ3v) is 5.64. The van der Waals surface area contributed by atoms with Crippen molar-refractivity contribution in [2.75, 3.05) is 26.7 Å². The molecule has 7 heteroatoms. The Morgan fingerprint density at radius 3 is 2.50 bits per heavy atom. The molecule has 0 aliphatic rings. The van der Waals surface area contributed by atoms with Gasteiger partial charge in [0, 0.05) is 30.9 Å². The molecule has 2 N–H and O–H groups in total. The molecule has 0 spiro atoms. The lowest BCUT2D eigenvalue weighted by Crippen LogP contribution is -2.38. The number of aryl methyl sites for hydroxylation is 2. The Labute approximate surface area is 190 Å². The van der Waals surface area contributed by atoms with Crippen LogP contribution in [0, 0.1) is 13.8 Å². The van der Waals surface area contributed by atoms with Crippen LogP contribution in [0.1, 0.15) is 47.3 Å². The fourth-order valence-electron chi connectivity index (χ4n) is 2.91. The minimum atomic E-state index is 0. The fraction of sp³-hybridized carbons (Fsp3) is 0.524. The number of rotatable bonds is 9. The minimum Gasteiger partial charge on any atom is -0.497 e. The normalized spacial score (nSPS) is 12.2. The highest BCUT2D eigenvalue weighted by atomic mass is 127. The first-order valence-corrected chi connectivity index (χ1v) is 10.4. The summed E-state index contributed by atoms with van der Waals surface area (Å²) >= 11 is 1.78. The maximum Gasteiger partial charge on any atom is 0.191 e. The van der Waals surface area contributed by atoms with Crippen LogP contribution < -0.4 is 15.4 Å². The van der Waals surface area contributed by atoms with E-state index in [2.05, 4.69) is 55.4 Å². The molecule has 0 amide bonds. The molecule has 0 radical (unpaired) electrons. The second kappa shape index (κ2) is 13.0. The second-order valence-electron chi connectivity index (χ2n) is 6.64. The van der Waals surface area contributed by atoms with Crippen molar-refractivity contribution >= 4 is 41.3 Å². The minimum absolute atomic E-state index is 0. The lowest BCUT2D eigenvalue weighted by Gasteiger charge is -2.13. The monoisotopic (exact) mass is 516 g/mol. The number of halogens is 1. The number of hydrogen-bond donors (Lipinski definition) is 2. The molecule has 1 atom stereocenters. The number of guanidine groups is 1. The van der Waals surface area contributed by atoms with E-state index >= 15 is 0 Å². The van der Waals surface area contributed by atoms with Gasteiger partial charge in [0.05, 0.1) is 17.8 Å². The predicted octanol–water partition coefficient (Wildman–Crippen LogP) is 4.68. The van der Waals surface area contributed by atoms with Crippen LogP contribution in [0.4, 0.5) is 0 Å². The van der Waals surface area contributed by atoms with Crippen LogP contribution in [0.3, 0.4) is 0 Å². The lowest BCUT2D eigenvalue weighted by molar-refractivity contribution is 0.414. The van der Waals surface area contributed by atoms with Gasteiger partial charge in [0.15, 0.2) is 5.96 Å². The molecule has 0 aliphatic heterocycles. The van der Waals surface area contributed by atoms with Gasteiger partial charge in [-0.05, 0) is 50.8 Å². The van der Waals surface area contributed by atoms with E-state index in [0.717, 1.165) is 54.9 Å². The first kappa shape index (κ1) is 24.7. The van der Waals surface area contributed by atoms with Gasteiger partial charge in [0.25, 0.3) is 0 Å². The summed E-state index contributed by atoms with van der Waals surface area (Å²) in [4.78, 5) is 10.6. The molecule has 2 rings (SSSR count). The zero-order valence-electron chi connectivity index (χ0n) is 17.5. The third-order valence-electron chi connectivity index (χ3n) is 4.51. The van der Waals surface area contributed by atoms with E-state index in [9.17, 15) is 0 Å². The predicted molar refractivity (Wildman–Crippen MR) is 131 cm³/mol. The van der Waals surface area contributed by atoms with Crippen LogP contribution in [0.15, 0.2) is 29.3 Å². The zero-order chi connectivity index (χ0) is 19.6. The summed E-state index contributed by atoms with van der Waals surface area (Å²) in [6, 6.07) is 8.31. The molecule has 0 fully saturated rings. The Bertz CT molecular complexity index is 731. The van der Waals surface area contributed by atoms with Crippen molar-refractivity contribution in [1.29, 1.82) is 0 Å². The smallest absolute Gasteiger partial charge is 0.191 e. The van der Waals surface area contributed by atoms with Gasteiger partial charge in [-0.3, -0.25) is 4.99 Å². The molecule has 1 aromatic heterocycles. The van der Waals surface area contributed by atoms with Gasteiger partial charge >= 0.3 is 0 Å². The van der Waals surface area contributed by atoms with Crippen LogP contribution in [-0.4, -0.2) is 37.7 Å². The standard InChI is InChI=1S/C21H32N4OS.HI/c1-6-22-21(24-14-12-20-16(3)25-17(4)27-20)23-13-11-15(2)18-7-9-19(26-5)10-8-18;/h7-10,15H,6,11-14H2,1-5H3,(H2,22,23,24);1H. The summed E-state index contributed by atoms with van der Waals surface area (Å²) in [5, 5.41) is 7.90. The van der Waals surface area contributed by atoms with Gasteiger partial charge in [-0.25, -0.2) is 4.98 Å². The molecule has 0 saturated heterocycles. The van der Waals surface area contributed by atoms with Crippen molar-refractivity contribution < 1.29 is 4.74 Å². The second-order valence-corrected chi connectivity index (χ2v) is 7.93. The SMILES string of the molecule is CCNC(=NCCC(C)c1ccc(OC)cc1)NCCc1sc(C)nc1C.I. The quantitative estimate of drug-likeness (QED) is 0.289. The molecule has 1 aromatic carbocycles. The van der Waals surface area contributed by atoms with Crippen molar-refractivity contribution in [2.45, 2.75) is 46.5 Å². The van der Waals surface area contributed by atoms with Gasteiger partial charge in [-0.15, -0.1) is 35.3 Å². The van der Waals surface area contributed by atoms with Crippen molar-refractivity contribution in [3.05, 3.63) is 45.4 Å². The molecule has 1 heterocycles. The number of methoxy groups -OCH3 is 1. The van der Waals surface area contributed by atoms with Gasteiger partial charge < -0.3 is 15.4 Å². The highest BCUT2D eigenvalue weighted by Gasteiger charge is 2.07. The molecule has 156 valence electrons. The summed E-state index contributed by atoms with van der Waals surface area (Å²) in [5.74, 6) is 2.25. The molecule has 0 saturated carbocycles. The number of aromatic nitrogens is 1. The molecule has 28 heavy (non-hydrogen) atoms. The maximum atomic E-state index is 5.22. The lowest BCUT2D eigenvalue weighted by atomic mass is 9.98. The molecular weight excluding hydrogens is 483 g/mol. The summed E-state index contributed by atoms with van der Waals surface area (Å²) in [6.07, 6.45) is 1.99. The Hall–Kier alpha value is -1.35. The Kier molecular flexibility index (Phi) is 11.4. The molecule has 1 unspecified atom stereocenters. The molecule has 2 aromatic rings. The first-order chi connectivity index (χ1) is 13.0. The topological polar surface area (TPSA) is 58.5 Å². The van der Waals surface area contributed by atoms with E-state index in [1.165, 1.54) is 10.4 Å². The van der Waals surface area contributed by atoms with E-state index in [-0.39, 0.29) is 24.0 Å². The van der Waals surface area contributed by atoms with Crippen molar-refractivity contribution in [3.63, 3.8) is 0 Å². The average molecular weight is 516 g/mol. The number of hydrogen-bond acceptors (Lipinski definition) is 4. The van der Waals surface area contributed by atoms with E-state index in [4.69, 9.17) is 9.73 Å². The highest BCUT2D eigenvalue weighted by Crippen LogP contribution is 2.21. The fourth-order valence-corrected chi connectivity index (χ4v) is 3.85. The number of benzene rings is 1. The van der Waals surface area contributed by atoms with E-state index < -0.39 is 0 Å². The zero-order valence-corrected chi connectivity index (χ0v) is 20.7. The van der Waals surface area contributed by atoms with Crippen LogP contribution >= 0.6 is 35.3 Å². The Morgan fingerprint density at radius 2 is 1.93 bits per heavy atom. The Balaban J connectivity index is 0.00000392. The largest absolute Gasteiger partial charge is 0.497 e. The summed E-state index contributed by atoms with van der Waals surface area (Å²) in [6.45, 7) is 11.0. The molecule has 5 nitrogen and oxygen atoms in total. The van der Waals surface area contributed by atoms with Crippen LogP contribution in [0.2, 0.25) is 0 Å². The van der Waals surface area contributed by atoms with E-state index in [0.29, 0.717) is 5.92 Å². The number of aliphatic imine (C=N–C) groups is 1. The summed E-state index contributed by atoms with van der Waals surface area (Å²) < 4.78 is 5.22. The average Bonchev–Trinajstić information content (AvgIpc) is 2.99. The Morgan fingerprint density at radius 1 is 1.21 bits per heavy atom. The van der Waals surface area contributed by atoms with E-state index in [1.54, 1.807) is 18.4 Å². The van der Waals surface area contributed by atoms with Crippen LogP contribution in [0.5, 0.6) is 5.75 Å². The summed E-state index contributed by atoms with van der Waals surface area (Å²) in [5.41, 5.74) is 2.47. The highest BCUT2D eigenvalue weighted by molar-refractivity contribution is 14.0. The van der Waals surface area contributed by atoms with Crippen LogP contribution in [0.25, 0.3) is 0 Å². The number of ether oxygens (including phenoxy) is 1. The number of nitrogens with one attached hydrogen (secondary N) is 2. The maximum absolute atomic E-state index is 5.22. The summed E-state index contributed by atoms with van der Waals surface area (Å²) in [7, 11) is 1.69. The number of thiazole rings is 1. The molecular formula is C21H33IN4OS. The number of nitrogens with zero attached hydrogens (tertiary/aromatic N) is 2. The first-order valence-electron chi connectivity index (χ1n) is 9.62. The van der Waals surface area contributed by atoms with Crippen LogP contribution in [-0.2, 0) is 6.42 Å². The van der Waals surface area contributed by atoms with Gasteiger partial charge in [-0.1, -0.05) is 19.1 Å². The molecule has 0 aliphatic carbocycles. The van der Waals surface area contributed by atoms with Gasteiger partial charge in [-0.2, -0.15) is 0 Å². The van der Waals surface area contributed by atoms with Gasteiger partial charge in [0.2, 0.25) is 0 Å². The van der Waals surface area contributed by atoms with Gasteiger partial charge in [0.1, 0.15) is 5.75 Å². The van der Waals surface area contributed by atoms with Crippen molar-refractivity contribution in [1.82, 2.24) is 15.6 Å². The van der Waals surface area contributed by atoms with Crippen molar-refractivity contribution in [2.24, 2.45) is 4.99 Å².